The zero-order chi connectivity index (χ0) is 11.8. The molecule has 0 bridgehead atoms. The third kappa shape index (κ3) is 2.10. The third-order valence-corrected chi connectivity index (χ3v) is 3.96. The summed E-state index contributed by atoms with van der Waals surface area (Å²) in [6.07, 6.45) is 2.49. The van der Waals surface area contributed by atoms with Gasteiger partial charge in [0.25, 0.3) is 0 Å². The van der Waals surface area contributed by atoms with Crippen LogP contribution in [0.3, 0.4) is 0 Å². The van der Waals surface area contributed by atoms with E-state index in [0.29, 0.717) is 6.54 Å². The molecule has 88 valence electrons. The van der Waals surface area contributed by atoms with Crippen molar-refractivity contribution >= 4 is 11.6 Å². The van der Waals surface area contributed by atoms with Crippen molar-refractivity contribution in [2.24, 2.45) is 5.73 Å². The van der Waals surface area contributed by atoms with E-state index in [1.807, 2.05) is 31.2 Å². The Kier molecular flexibility index (Phi) is 2.99. The zero-order valence-corrected chi connectivity index (χ0v) is 10.3. The fourth-order valence-electron chi connectivity index (χ4n) is 2.76. The summed E-state index contributed by atoms with van der Waals surface area (Å²) in [5, 5.41) is 10.8. The molecular formula is C13H18ClNO. The SMILES string of the molecule is CC1(O)CCC(CN)(c2ccc(Cl)cc2)C1. The molecule has 0 radical (unpaired) electrons. The molecule has 2 nitrogen and oxygen atoms in total. The Bertz CT molecular complexity index is 374. The van der Waals surface area contributed by atoms with Crippen LogP contribution in [0.1, 0.15) is 31.7 Å². The molecule has 3 N–H and O–H groups in total. The Balaban J connectivity index is 2.33. The Hall–Kier alpha value is -0.570. The third-order valence-electron chi connectivity index (χ3n) is 3.71. The summed E-state index contributed by atoms with van der Waals surface area (Å²) in [5.74, 6) is 0. The lowest BCUT2D eigenvalue weighted by molar-refractivity contribution is 0.0612. The van der Waals surface area contributed by atoms with Gasteiger partial charge in [-0.3, -0.25) is 0 Å². The first-order chi connectivity index (χ1) is 7.47. The summed E-state index contributed by atoms with van der Waals surface area (Å²) in [4.78, 5) is 0. The molecule has 0 aliphatic heterocycles. The highest BCUT2D eigenvalue weighted by atomic mass is 35.5. The second-order valence-corrected chi connectivity index (χ2v) is 5.60. The smallest absolute Gasteiger partial charge is 0.0629 e. The average Bonchev–Trinajstić information content (AvgIpc) is 2.57. The standard InChI is InChI=1S/C13H18ClNO/c1-12(16)6-7-13(8-12,9-15)10-2-4-11(14)5-3-10/h2-5,16H,6-9,15H2,1H3. The molecule has 2 atom stereocenters. The quantitative estimate of drug-likeness (QED) is 0.833. The molecule has 1 aromatic carbocycles. The van der Waals surface area contributed by atoms with Crippen LogP contribution in [0.2, 0.25) is 5.02 Å². The van der Waals surface area contributed by atoms with E-state index in [1.165, 1.54) is 5.56 Å². The van der Waals surface area contributed by atoms with Crippen LogP contribution in [-0.4, -0.2) is 17.3 Å². The average molecular weight is 240 g/mol. The minimum atomic E-state index is -0.584. The predicted octanol–water partition coefficient (Wildman–Crippen LogP) is 2.47. The van der Waals surface area contributed by atoms with Gasteiger partial charge in [-0.1, -0.05) is 23.7 Å². The van der Waals surface area contributed by atoms with E-state index in [0.717, 1.165) is 24.3 Å². The van der Waals surface area contributed by atoms with Gasteiger partial charge in [0.05, 0.1) is 5.60 Å². The fourth-order valence-corrected chi connectivity index (χ4v) is 2.88. The Morgan fingerprint density at radius 1 is 1.31 bits per heavy atom. The zero-order valence-electron chi connectivity index (χ0n) is 9.54. The molecule has 1 aromatic rings. The van der Waals surface area contributed by atoms with Crippen molar-refractivity contribution < 1.29 is 5.11 Å². The van der Waals surface area contributed by atoms with E-state index in [4.69, 9.17) is 17.3 Å². The van der Waals surface area contributed by atoms with Gasteiger partial charge in [0.1, 0.15) is 0 Å². The highest BCUT2D eigenvalue weighted by Crippen LogP contribution is 2.45. The second kappa shape index (κ2) is 4.02. The number of aliphatic hydroxyl groups is 1. The molecule has 0 aromatic heterocycles. The van der Waals surface area contributed by atoms with Gasteiger partial charge >= 0.3 is 0 Å². The van der Waals surface area contributed by atoms with Gasteiger partial charge in [-0.2, -0.15) is 0 Å². The molecule has 3 heteroatoms. The second-order valence-electron chi connectivity index (χ2n) is 5.17. The number of benzene rings is 1. The summed E-state index contributed by atoms with van der Waals surface area (Å²) >= 11 is 5.88. The largest absolute Gasteiger partial charge is 0.390 e. The topological polar surface area (TPSA) is 46.2 Å². The first kappa shape index (κ1) is 11.9. The van der Waals surface area contributed by atoms with Crippen molar-refractivity contribution in [1.29, 1.82) is 0 Å². The minimum absolute atomic E-state index is 0.0753. The first-order valence-corrected chi connectivity index (χ1v) is 6.04. The van der Waals surface area contributed by atoms with Gasteiger partial charge in [0.2, 0.25) is 0 Å². The molecule has 1 saturated carbocycles. The Morgan fingerprint density at radius 2 is 1.94 bits per heavy atom. The summed E-state index contributed by atoms with van der Waals surface area (Å²) in [6.45, 7) is 2.46. The van der Waals surface area contributed by atoms with E-state index in [1.54, 1.807) is 0 Å². The van der Waals surface area contributed by atoms with Crippen LogP contribution >= 0.6 is 11.6 Å². The molecule has 0 saturated heterocycles. The monoisotopic (exact) mass is 239 g/mol. The molecule has 1 aliphatic rings. The van der Waals surface area contributed by atoms with E-state index < -0.39 is 5.60 Å². The number of hydrogen-bond donors (Lipinski definition) is 2. The van der Waals surface area contributed by atoms with Crippen LogP contribution < -0.4 is 5.73 Å². The van der Waals surface area contributed by atoms with Gasteiger partial charge < -0.3 is 10.8 Å². The van der Waals surface area contributed by atoms with E-state index in [9.17, 15) is 5.11 Å². The summed E-state index contributed by atoms with van der Waals surface area (Å²) in [5.41, 5.74) is 6.45. The molecule has 16 heavy (non-hydrogen) atoms. The molecule has 1 fully saturated rings. The van der Waals surface area contributed by atoms with Crippen molar-refractivity contribution in [2.75, 3.05) is 6.54 Å². The van der Waals surface area contributed by atoms with Crippen molar-refractivity contribution in [2.45, 2.75) is 37.2 Å². The van der Waals surface area contributed by atoms with Gasteiger partial charge in [-0.05, 0) is 43.9 Å². The van der Waals surface area contributed by atoms with Crippen LogP contribution in [0.5, 0.6) is 0 Å². The first-order valence-electron chi connectivity index (χ1n) is 5.66. The molecular weight excluding hydrogens is 222 g/mol. The number of rotatable bonds is 2. The molecule has 2 unspecified atom stereocenters. The fraction of sp³-hybridized carbons (Fsp3) is 0.538. The van der Waals surface area contributed by atoms with Crippen LogP contribution in [0.25, 0.3) is 0 Å². The summed E-state index contributed by atoms with van der Waals surface area (Å²) in [7, 11) is 0. The van der Waals surface area contributed by atoms with Crippen LogP contribution in [0, 0.1) is 0 Å². The van der Waals surface area contributed by atoms with E-state index in [2.05, 4.69) is 0 Å². The van der Waals surface area contributed by atoms with Gasteiger partial charge in [-0.25, -0.2) is 0 Å². The molecule has 2 rings (SSSR count). The maximum Gasteiger partial charge on any atom is 0.0629 e. The number of halogens is 1. The van der Waals surface area contributed by atoms with Crippen molar-refractivity contribution in [1.82, 2.24) is 0 Å². The van der Waals surface area contributed by atoms with E-state index >= 15 is 0 Å². The maximum absolute atomic E-state index is 10.1. The Morgan fingerprint density at radius 3 is 2.38 bits per heavy atom. The highest BCUT2D eigenvalue weighted by molar-refractivity contribution is 6.30. The maximum atomic E-state index is 10.1. The van der Waals surface area contributed by atoms with Gasteiger partial charge in [0, 0.05) is 17.0 Å². The lowest BCUT2D eigenvalue weighted by Crippen LogP contribution is -2.35. The molecule has 0 spiro atoms. The lowest BCUT2D eigenvalue weighted by atomic mass is 9.78. The van der Waals surface area contributed by atoms with Crippen molar-refractivity contribution in [3.63, 3.8) is 0 Å². The summed E-state index contributed by atoms with van der Waals surface area (Å²) in [6, 6.07) is 7.83. The van der Waals surface area contributed by atoms with E-state index in [-0.39, 0.29) is 5.41 Å². The van der Waals surface area contributed by atoms with Crippen molar-refractivity contribution in [3.8, 4) is 0 Å². The van der Waals surface area contributed by atoms with Crippen molar-refractivity contribution in [3.05, 3.63) is 34.9 Å². The molecule has 0 heterocycles. The highest BCUT2D eigenvalue weighted by Gasteiger charge is 2.44. The molecule has 1 aliphatic carbocycles. The van der Waals surface area contributed by atoms with Gasteiger partial charge in [-0.15, -0.1) is 0 Å². The minimum Gasteiger partial charge on any atom is -0.390 e. The molecule has 0 amide bonds. The normalized spacial score (nSPS) is 34.2. The van der Waals surface area contributed by atoms with Crippen LogP contribution in [-0.2, 0) is 5.41 Å². The Labute approximate surface area is 101 Å². The van der Waals surface area contributed by atoms with Gasteiger partial charge in [0.15, 0.2) is 0 Å². The number of hydrogen-bond acceptors (Lipinski definition) is 2. The number of nitrogens with two attached hydrogens (primary N) is 1. The van der Waals surface area contributed by atoms with Crippen LogP contribution in [0.15, 0.2) is 24.3 Å². The predicted molar refractivity (Wildman–Crippen MR) is 66.7 cm³/mol. The summed E-state index contributed by atoms with van der Waals surface area (Å²) < 4.78 is 0. The lowest BCUT2D eigenvalue weighted by Gasteiger charge is -2.29. The van der Waals surface area contributed by atoms with Crippen LogP contribution in [0.4, 0.5) is 0 Å².